The van der Waals surface area contributed by atoms with E-state index in [1.807, 2.05) is 0 Å². The average Bonchev–Trinajstić information content (AvgIpc) is 2.93. The zero-order valence-corrected chi connectivity index (χ0v) is 13.4. The van der Waals surface area contributed by atoms with Crippen molar-refractivity contribution < 1.29 is 22.1 Å². The zero-order chi connectivity index (χ0) is 17.0. The number of nitrogens with zero attached hydrogens (tertiary/aromatic N) is 2. The molecule has 2 aromatic rings. The lowest BCUT2D eigenvalue weighted by Crippen LogP contribution is -2.33. The first-order chi connectivity index (χ1) is 10.8. The van der Waals surface area contributed by atoms with E-state index in [1.165, 1.54) is 32.0 Å². The summed E-state index contributed by atoms with van der Waals surface area (Å²) in [6.07, 6.45) is 0. The van der Waals surface area contributed by atoms with Gasteiger partial charge >= 0.3 is 0 Å². The zero-order valence-electron chi connectivity index (χ0n) is 12.6. The van der Waals surface area contributed by atoms with Crippen LogP contribution in [-0.2, 0) is 21.2 Å². The minimum atomic E-state index is -3.47. The lowest BCUT2D eigenvalue weighted by Gasteiger charge is -2.07. The summed E-state index contributed by atoms with van der Waals surface area (Å²) in [6, 6.07) is 5.91. The molecule has 0 spiro atoms. The minimum Gasteiger partial charge on any atom is -0.348 e. The Morgan fingerprint density at radius 3 is 2.70 bits per heavy atom. The summed E-state index contributed by atoms with van der Waals surface area (Å²) < 4.78 is 41.8. The van der Waals surface area contributed by atoms with Crippen molar-refractivity contribution in [1.82, 2.24) is 15.5 Å². The number of halogens is 1. The lowest BCUT2D eigenvalue weighted by atomic mass is 10.2. The standard InChI is InChI=1S/C14H16FN3O4S/c1-9(2)23(20,21)8-13(19)16-7-12-17-14(22-18-12)10-5-3-4-6-11(10)15/h3-6,9H,7-8H2,1-2H3,(H,16,19). The molecule has 0 aliphatic heterocycles. The van der Waals surface area contributed by atoms with E-state index in [9.17, 15) is 17.6 Å². The maximum atomic E-state index is 13.6. The van der Waals surface area contributed by atoms with Gasteiger partial charge in [-0.25, -0.2) is 12.8 Å². The first-order valence-corrected chi connectivity index (χ1v) is 8.57. The normalized spacial score (nSPS) is 11.7. The maximum absolute atomic E-state index is 13.6. The van der Waals surface area contributed by atoms with Gasteiger partial charge in [-0.15, -0.1) is 0 Å². The lowest BCUT2D eigenvalue weighted by molar-refractivity contribution is -0.118. The largest absolute Gasteiger partial charge is 0.348 e. The average molecular weight is 341 g/mol. The van der Waals surface area contributed by atoms with Gasteiger partial charge in [0.05, 0.1) is 17.4 Å². The maximum Gasteiger partial charge on any atom is 0.260 e. The van der Waals surface area contributed by atoms with Crippen LogP contribution in [0.2, 0.25) is 0 Å². The molecule has 1 amide bonds. The van der Waals surface area contributed by atoms with Crippen LogP contribution in [0.15, 0.2) is 28.8 Å². The van der Waals surface area contributed by atoms with Gasteiger partial charge in [-0.3, -0.25) is 4.79 Å². The number of hydrogen-bond acceptors (Lipinski definition) is 6. The Hall–Kier alpha value is -2.29. The quantitative estimate of drug-likeness (QED) is 0.850. The molecule has 0 fully saturated rings. The van der Waals surface area contributed by atoms with E-state index in [1.54, 1.807) is 6.07 Å². The van der Waals surface area contributed by atoms with Gasteiger partial charge in [0.15, 0.2) is 15.7 Å². The van der Waals surface area contributed by atoms with Gasteiger partial charge in [0.25, 0.3) is 5.89 Å². The number of carbonyl (C=O) groups excluding carboxylic acids is 1. The topological polar surface area (TPSA) is 102 Å². The van der Waals surface area contributed by atoms with Gasteiger partial charge < -0.3 is 9.84 Å². The number of benzene rings is 1. The van der Waals surface area contributed by atoms with Crippen molar-refractivity contribution in [2.75, 3.05) is 5.75 Å². The van der Waals surface area contributed by atoms with Crippen molar-refractivity contribution in [2.45, 2.75) is 25.6 Å². The second kappa shape index (κ2) is 6.86. The molecule has 9 heteroatoms. The first-order valence-electron chi connectivity index (χ1n) is 6.85. The molecular weight excluding hydrogens is 325 g/mol. The second-order valence-corrected chi connectivity index (χ2v) is 7.69. The molecule has 2 rings (SSSR count). The Balaban J connectivity index is 1.98. The minimum absolute atomic E-state index is 0.0119. The van der Waals surface area contributed by atoms with E-state index in [4.69, 9.17) is 4.52 Å². The smallest absolute Gasteiger partial charge is 0.260 e. The molecule has 0 saturated heterocycles. The van der Waals surface area contributed by atoms with Crippen LogP contribution in [0.4, 0.5) is 4.39 Å². The van der Waals surface area contributed by atoms with E-state index in [-0.39, 0.29) is 23.8 Å². The van der Waals surface area contributed by atoms with Gasteiger partial charge in [-0.1, -0.05) is 17.3 Å². The molecule has 0 saturated carbocycles. The summed E-state index contributed by atoms with van der Waals surface area (Å²) in [6.45, 7) is 2.90. The molecule has 1 aromatic heterocycles. The second-order valence-electron chi connectivity index (χ2n) is 5.13. The van der Waals surface area contributed by atoms with Crippen LogP contribution in [0.1, 0.15) is 19.7 Å². The fraction of sp³-hybridized carbons (Fsp3) is 0.357. The molecule has 0 aliphatic carbocycles. The number of sulfone groups is 1. The van der Waals surface area contributed by atoms with Crippen LogP contribution in [0.3, 0.4) is 0 Å². The van der Waals surface area contributed by atoms with Crippen molar-refractivity contribution in [3.8, 4) is 11.5 Å². The third kappa shape index (κ3) is 4.35. The van der Waals surface area contributed by atoms with Crippen LogP contribution in [0.5, 0.6) is 0 Å². The van der Waals surface area contributed by atoms with Crippen molar-refractivity contribution in [2.24, 2.45) is 0 Å². The molecule has 1 aromatic carbocycles. The summed E-state index contributed by atoms with van der Waals surface area (Å²) in [5, 5.41) is 5.38. The Morgan fingerprint density at radius 2 is 2.04 bits per heavy atom. The van der Waals surface area contributed by atoms with E-state index in [0.29, 0.717) is 0 Å². The van der Waals surface area contributed by atoms with Crippen molar-refractivity contribution >= 4 is 15.7 Å². The molecule has 1 heterocycles. The Kier molecular flexibility index (Phi) is 5.09. The van der Waals surface area contributed by atoms with Crippen LogP contribution >= 0.6 is 0 Å². The number of carbonyl (C=O) groups is 1. The molecule has 0 atom stereocenters. The predicted octanol–water partition coefficient (Wildman–Crippen LogP) is 1.32. The van der Waals surface area contributed by atoms with E-state index >= 15 is 0 Å². The highest BCUT2D eigenvalue weighted by Crippen LogP contribution is 2.20. The van der Waals surface area contributed by atoms with Gasteiger partial charge in [0.1, 0.15) is 11.6 Å². The molecule has 0 unspecified atom stereocenters. The first kappa shape index (κ1) is 17.1. The third-order valence-electron chi connectivity index (χ3n) is 3.07. The van der Waals surface area contributed by atoms with Gasteiger partial charge in [0.2, 0.25) is 5.91 Å². The van der Waals surface area contributed by atoms with Crippen LogP contribution in [0.25, 0.3) is 11.5 Å². The SMILES string of the molecule is CC(C)S(=O)(=O)CC(=O)NCc1noc(-c2ccccc2F)n1. The number of aromatic nitrogens is 2. The summed E-state index contributed by atoms with van der Waals surface area (Å²) >= 11 is 0. The highest BCUT2D eigenvalue weighted by Gasteiger charge is 2.21. The predicted molar refractivity (Wildman–Crippen MR) is 80.5 cm³/mol. The summed E-state index contributed by atoms with van der Waals surface area (Å²) in [7, 11) is -3.47. The van der Waals surface area contributed by atoms with Gasteiger partial charge in [-0.05, 0) is 26.0 Å². The van der Waals surface area contributed by atoms with Crippen LogP contribution < -0.4 is 5.32 Å². The van der Waals surface area contributed by atoms with Crippen molar-refractivity contribution in [1.29, 1.82) is 0 Å². The highest BCUT2D eigenvalue weighted by molar-refractivity contribution is 7.92. The van der Waals surface area contributed by atoms with Crippen LogP contribution in [0, 0.1) is 5.82 Å². The molecule has 1 N–H and O–H groups in total. The number of hydrogen-bond donors (Lipinski definition) is 1. The summed E-state index contributed by atoms with van der Waals surface area (Å²) in [4.78, 5) is 15.6. The van der Waals surface area contributed by atoms with E-state index in [2.05, 4.69) is 15.5 Å². The summed E-state index contributed by atoms with van der Waals surface area (Å²) in [5.74, 6) is -1.66. The van der Waals surface area contributed by atoms with E-state index < -0.39 is 32.6 Å². The van der Waals surface area contributed by atoms with Crippen LogP contribution in [-0.4, -0.2) is 35.5 Å². The molecule has 0 radical (unpaired) electrons. The van der Waals surface area contributed by atoms with Gasteiger partial charge in [0, 0.05) is 0 Å². The number of rotatable bonds is 6. The molecule has 0 aliphatic rings. The fourth-order valence-corrected chi connectivity index (χ4v) is 2.45. The van der Waals surface area contributed by atoms with Gasteiger partial charge in [-0.2, -0.15) is 4.98 Å². The van der Waals surface area contributed by atoms with Crippen molar-refractivity contribution in [3.63, 3.8) is 0 Å². The molecule has 124 valence electrons. The molecule has 23 heavy (non-hydrogen) atoms. The molecule has 7 nitrogen and oxygen atoms in total. The monoisotopic (exact) mass is 341 g/mol. The highest BCUT2D eigenvalue weighted by atomic mass is 32.2. The van der Waals surface area contributed by atoms with Crippen molar-refractivity contribution in [3.05, 3.63) is 35.9 Å². The molecular formula is C14H16FN3O4S. The fourth-order valence-electron chi connectivity index (χ4n) is 1.65. The third-order valence-corrected chi connectivity index (χ3v) is 5.17. The Morgan fingerprint density at radius 1 is 1.35 bits per heavy atom. The Bertz CT molecular complexity index is 802. The number of nitrogens with one attached hydrogen (secondary N) is 1. The van der Waals surface area contributed by atoms with E-state index in [0.717, 1.165) is 0 Å². The number of amides is 1. The summed E-state index contributed by atoms with van der Waals surface area (Å²) in [5.41, 5.74) is 0.153. The Labute approximate surface area is 132 Å². The molecule has 0 bridgehead atoms.